The van der Waals surface area contributed by atoms with Crippen LogP contribution < -0.4 is 5.32 Å². The summed E-state index contributed by atoms with van der Waals surface area (Å²) in [5.74, 6) is -1.03. The molecule has 5 nitrogen and oxygen atoms in total. The highest BCUT2D eigenvalue weighted by Gasteiger charge is 2.45. The first-order valence-electron chi connectivity index (χ1n) is 9.78. The van der Waals surface area contributed by atoms with E-state index in [4.69, 9.17) is 0 Å². The van der Waals surface area contributed by atoms with Crippen molar-refractivity contribution in [2.45, 2.75) is 24.9 Å². The molecule has 160 valence electrons. The van der Waals surface area contributed by atoms with Crippen molar-refractivity contribution in [3.05, 3.63) is 65.2 Å². The first kappa shape index (κ1) is 20.3. The number of fused-ring (bicyclic) bond motifs is 1. The van der Waals surface area contributed by atoms with Gasteiger partial charge in [0.25, 0.3) is 0 Å². The Morgan fingerprint density at radius 2 is 1.60 bits per heavy atom. The number of halogens is 3. The third-order valence-electron chi connectivity index (χ3n) is 6.14. The lowest BCUT2D eigenvalue weighted by Crippen LogP contribution is -2.34. The van der Waals surface area contributed by atoms with Gasteiger partial charge >= 0.3 is 18.2 Å². The number of likely N-dealkylation sites (tertiary alicyclic amines) is 1. The molecule has 2 N–H and O–H groups in total. The summed E-state index contributed by atoms with van der Waals surface area (Å²) >= 11 is 0. The minimum Gasteiger partial charge on any atom is -0.478 e. The number of para-hydroxylation sites is 1. The third-order valence-corrected chi connectivity index (χ3v) is 6.14. The Kier molecular flexibility index (Phi) is 5.17. The van der Waals surface area contributed by atoms with Crippen LogP contribution in [0.4, 0.5) is 23.7 Å². The summed E-state index contributed by atoms with van der Waals surface area (Å²) in [5, 5.41) is 11.9. The minimum absolute atomic E-state index is 0. The van der Waals surface area contributed by atoms with Crippen molar-refractivity contribution in [1.82, 2.24) is 4.90 Å². The predicted octanol–water partition coefficient (Wildman–Crippen LogP) is 5.31. The van der Waals surface area contributed by atoms with E-state index in [0.29, 0.717) is 31.5 Å². The summed E-state index contributed by atoms with van der Waals surface area (Å²) in [6, 6.07) is 11.5. The molecule has 2 aliphatic rings. The van der Waals surface area contributed by atoms with E-state index in [-0.39, 0.29) is 36.5 Å². The zero-order valence-corrected chi connectivity index (χ0v) is 16.0. The van der Waals surface area contributed by atoms with Gasteiger partial charge in [0.1, 0.15) is 0 Å². The number of aromatic carboxylic acids is 1. The molecule has 2 amide bonds. The molecule has 0 bridgehead atoms. The van der Waals surface area contributed by atoms with Gasteiger partial charge in [0.15, 0.2) is 0 Å². The quantitative estimate of drug-likeness (QED) is 0.707. The number of alkyl halides is 3. The van der Waals surface area contributed by atoms with Crippen LogP contribution in [-0.2, 0) is 6.18 Å². The molecule has 3 atom stereocenters. The van der Waals surface area contributed by atoms with Gasteiger partial charge in [0, 0.05) is 14.5 Å². The number of carboxylic acid groups (broad SMARTS) is 1. The van der Waals surface area contributed by atoms with Gasteiger partial charge in [-0.2, -0.15) is 13.2 Å². The van der Waals surface area contributed by atoms with Gasteiger partial charge in [-0.15, -0.1) is 0 Å². The maximum absolute atomic E-state index is 13.4. The normalized spacial score (nSPS) is 23.3. The monoisotopic (exact) mass is 420 g/mol. The number of anilines is 1. The number of nitrogens with one attached hydrogen (secondary N) is 1. The van der Waals surface area contributed by atoms with Crippen LogP contribution in [0.25, 0.3) is 0 Å². The molecular formula is C22H23F3N2O3. The Morgan fingerprint density at radius 1 is 1.00 bits per heavy atom. The number of amides is 2. The van der Waals surface area contributed by atoms with E-state index < -0.39 is 17.7 Å². The number of carboxylic acids is 1. The van der Waals surface area contributed by atoms with E-state index in [0.717, 1.165) is 6.07 Å². The van der Waals surface area contributed by atoms with Gasteiger partial charge in [-0.05, 0) is 54.4 Å². The second kappa shape index (κ2) is 7.66. The van der Waals surface area contributed by atoms with Crippen LogP contribution in [0.1, 0.15) is 41.7 Å². The lowest BCUT2D eigenvalue weighted by atomic mass is 9.91. The first-order chi connectivity index (χ1) is 14.2. The lowest BCUT2D eigenvalue weighted by Gasteiger charge is -2.22. The molecule has 4 rings (SSSR count). The molecule has 1 aliphatic carbocycles. The molecule has 2 aromatic rings. The molecule has 0 radical (unpaired) electrons. The molecule has 8 heteroatoms. The largest absolute Gasteiger partial charge is 0.478 e. The number of urea groups is 1. The fraction of sp³-hybridized carbons (Fsp3) is 0.364. The molecule has 30 heavy (non-hydrogen) atoms. The Balaban J connectivity index is 0.00000272. The predicted molar refractivity (Wildman–Crippen MR) is 107 cm³/mol. The van der Waals surface area contributed by atoms with Gasteiger partial charge in [-0.25, -0.2) is 9.59 Å². The van der Waals surface area contributed by atoms with Crippen molar-refractivity contribution in [3.63, 3.8) is 0 Å². The van der Waals surface area contributed by atoms with Crippen molar-refractivity contribution in [2.75, 3.05) is 18.4 Å². The molecule has 0 aromatic heterocycles. The second-order valence-corrected chi connectivity index (χ2v) is 7.96. The average molecular weight is 420 g/mol. The first-order valence-corrected chi connectivity index (χ1v) is 9.78. The van der Waals surface area contributed by atoms with Crippen LogP contribution in [0, 0.1) is 11.8 Å². The maximum atomic E-state index is 13.4. The zero-order valence-electron chi connectivity index (χ0n) is 16.0. The van der Waals surface area contributed by atoms with Crippen LogP contribution in [0.3, 0.4) is 0 Å². The summed E-state index contributed by atoms with van der Waals surface area (Å²) in [5.41, 5.74) is -0.00117. The van der Waals surface area contributed by atoms with E-state index >= 15 is 0 Å². The van der Waals surface area contributed by atoms with Crippen LogP contribution in [0.2, 0.25) is 0 Å². The maximum Gasteiger partial charge on any atom is 0.416 e. The second-order valence-electron chi connectivity index (χ2n) is 7.96. The molecule has 2 aromatic carbocycles. The number of rotatable bonds is 3. The number of carbonyl (C=O) groups excluding carboxylic acids is 1. The van der Waals surface area contributed by atoms with Gasteiger partial charge < -0.3 is 15.3 Å². The molecule has 1 saturated carbocycles. The van der Waals surface area contributed by atoms with Crippen LogP contribution >= 0.6 is 0 Å². The molecule has 2 fully saturated rings. The smallest absolute Gasteiger partial charge is 0.416 e. The summed E-state index contributed by atoms with van der Waals surface area (Å²) in [7, 11) is 0. The molecule has 1 saturated heterocycles. The zero-order chi connectivity index (χ0) is 21.5. The summed E-state index contributed by atoms with van der Waals surface area (Å²) in [4.78, 5) is 25.6. The van der Waals surface area contributed by atoms with Crippen molar-refractivity contribution < 1.29 is 29.3 Å². The van der Waals surface area contributed by atoms with Crippen molar-refractivity contribution in [2.24, 2.45) is 11.8 Å². The average Bonchev–Trinajstić information content (AvgIpc) is 3.27. The highest BCUT2D eigenvalue weighted by molar-refractivity contribution is 6.00. The van der Waals surface area contributed by atoms with E-state index in [2.05, 4.69) is 5.32 Å². The van der Waals surface area contributed by atoms with E-state index in [1.165, 1.54) is 18.2 Å². The fourth-order valence-corrected chi connectivity index (χ4v) is 4.80. The minimum atomic E-state index is -4.38. The molecular weight excluding hydrogens is 397 g/mol. The Hall–Kier alpha value is -3.03. The van der Waals surface area contributed by atoms with Crippen molar-refractivity contribution in [3.8, 4) is 0 Å². The number of hydrogen-bond acceptors (Lipinski definition) is 2. The van der Waals surface area contributed by atoms with E-state index in [9.17, 15) is 27.9 Å². The van der Waals surface area contributed by atoms with E-state index in [1.54, 1.807) is 29.2 Å². The molecule has 1 aliphatic heterocycles. The van der Waals surface area contributed by atoms with Gasteiger partial charge in [-0.3, -0.25) is 0 Å². The van der Waals surface area contributed by atoms with Crippen LogP contribution in [0.15, 0.2) is 48.5 Å². The Bertz CT molecular complexity index is 968. The van der Waals surface area contributed by atoms with E-state index in [1.807, 2.05) is 0 Å². The molecule has 1 unspecified atom stereocenters. The summed E-state index contributed by atoms with van der Waals surface area (Å²) in [6.45, 7) is 0.910. The number of nitrogens with zero attached hydrogens (tertiary/aromatic N) is 1. The SMILES string of the molecule is O=C(O)c1ccccc1NC(=O)N1C[C@H]2CC(c3ccccc3C(F)(F)F)C[C@H]2C1.[HH]. The molecule has 1 heterocycles. The fourth-order valence-electron chi connectivity index (χ4n) is 4.80. The number of benzene rings is 2. The van der Waals surface area contributed by atoms with Crippen LogP contribution in [-0.4, -0.2) is 35.1 Å². The van der Waals surface area contributed by atoms with Crippen LogP contribution in [0.5, 0.6) is 0 Å². The number of carbonyl (C=O) groups is 2. The number of hydrogen-bond donors (Lipinski definition) is 2. The summed E-state index contributed by atoms with van der Waals surface area (Å²) in [6.07, 6.45) is -3.17. The van der Waals surface area contributed by atoms with Crippen molar-refractivity contribution in [1.29, 1.82) is 0 Å². The highest BCUT2D eigenvalue weighted by Crippen LogP contribution is 2.48. The highest BCUT2D eigenvalue weighted by atomic mass is 19.4. The molecule has 0 spiro atoms. The van der Waals surface area contributed by atoms with Gasteiger partial charge in [0.2, 0.25) is 0 Å². The topological polar surface area (TPSA) is 69.6 Å². The Labute approximate surface area is 173 Å². The summed E-state index contributed by atoms with van der Waals surface area (Å²) < 4.78 is 40.1. The lowest BCUT2D eigenvalue weighted by molar-refractivity contribution is -0.138. The third kappa shape index (κ3) is 3.86. The standard InChI is InChI=1S/C22H21F3N2O3.H2/c23-22(24,25)18-7-3-1-5-16(18)13-9-14-11-27(12-15(14)10-13)21(30)26-19-8-4-2-6-17(19)20(28)29;/h1-8,13-15H,9-12H2,(H,26,30)(H,28,29);1H/t13?,14-,15+;. The van der Waals surface area contributed by atoms with Gasteiger partial charge in [0.05, 0.1) is 16.8 Å². The van der Waals surface area contributed by atoms with Gasteiger partial charge in [-0.1, -0.05) is 30.3 Å². The van der Waals surface area contributed by atoms with Crippen molar-refractivity contribution >= 4 is 17.7 Å². The Morgan fingerprint density at radius 3 is 2.23 bits per heavy atom.